The van der Waals surface area contributed by atoms with E-state index in [0.29, 0.717) is 6.54 Å². The molecule has 1 aliphatic heterocycles. The molecule has 0 bridgehead atoms. The zero-order chi connectivity index (χ0) is 18.5. The van der Waals surface area contributed by atoms with Crippen LogP contribution in [-0.4, -0.2) is 74.7 Å². The molecule has 1 N–H and O–H groups in total. The summed E-state index contributed by atoms with van der Waals surface area (Å²) in [6.45, 7) is 4.56. The van der Waals surface area contributed by atoms with Gasteiger partial charge in [0, 0.05) is 37.9 Å². The molecule has 1 aromatic heterocycles. The van der Waals surface area contributed by atoms with Gasteiger partial charge in [0.2, 0.25) is 5.91 Å². The van der Waals surface area contributed by atoms with Gasteiger partial charge in [-0.05, 0) is 47.5 Å². The predicted octanol–water partition coefficient (Wildman–Crippen LogP) is 1.55. The molecule has 2 aromatic rings. The lowest BCUT2D eigenvalue weighted by molar-refractivity contribution is -0.117. The molecular formula is C19H27N7O. The average Bonchev–Trinajstić information content (AvgIpc) is 3.25. The van der Waals surface area contributed by atoms with Crippen LogP contribution < -0.4 is 5.32 Å². The Balaban J connectivity index is 1.23. The van der Waals surface area contributed by atoms with E-state index in [0.717, 1.165) is 43.6 Å². The normalized spacial score (nSPS) is 19.9. The van der Waals surface area contributed by atoms with Crippen LogP contribution in [0.5, 0.6) is 0 Å². The molecule has 2 heterocycles. The number of amides is 1. The molecule has 1 aromatic carbocycles. The third kappa shape index (κ3) is 4.70. The van der Waals surface area contributed by atoms with Crippen LogP contribution in [0.15, 0.2) is 30.6 Å². The lowest BCUT2D eigenvalue weighted by atomic mass is 9.94. The summed E-state index contributed by atoms with van der Waals surface area (Å²) in [7, 11) is 0. The van der Waals surface area contributed by atoms with Crippen LogP contribution in [0, 0.1) is 0 Å². The van der Waals surface area contributed by atoms with Gasteiger partial charge in [-0.3, -0.25) is 14.6 Å². The fourth-order valence-electron chi connectivity index (χ4n) is 4.11. The summed E-state index contributed by atoms with van der Waals surface area (Å²) in [5.74, 6) is 0.0382. The van der Waals surface area contributed by atoms with E-state index in [1.807, 2.05) is 24.3 Å². The number of carbonyl (C=O) groups is 1. The van der Waals surface area contributed by atoms with E-state index in [1.165, 1.54) is 32.1 Å². The lowest BCUT2D eigenvalue weighted by Crippen LogP contribution is -2.52. The van der Waals surface area contributed by atoms with Crippen molar-refractivity contribution < 1.29 is 4.79 Å². The molecule has 1 saturated heterocycles. The first kappa shape index (κ1) is 18.1. The number of hydrogen-bond donors (Lipinski definition) is 1. The number of nitrogens with one attached hydrogen (secondary N) is 1. The smallest absolute Gasteiger partial charge is 0.238 e. The van der Waals surface area contributed by atoms with Gasteiger partial charge in [0.05, 0.1) is 12.2 Å². The van der Waals surface area contributed by atoms with Crippen molar-refractivity contribution >= 4 is 11.6 Å². The summed E-state index contributed by atoms with van der Waals surface area (Å²) in [4.78, 5) is 17.3. The van der Waals surface area contributed by atoms with Gasteiger partial charge in [0.25, 0.3) is 0 Å². The molecule has 2 fully saturated rings. The Hall–Kier alpha value is -2.32. The Labute approximate surface area is 159 Å². The van der Waals surface area contributed by atoms with Crippen LogP contribution in [-0.2, 0) is 4.79 Å². The maximum atomic E-state index is 12.4. The van der Waals surface area contributed by atoms with Gasteiger partial charge in [-0.25, -0.2) is 4.68 Å². The van der Waals surface area contributed by atoms with E-state index in [4.69, 9.17) is 0 Å². The van der Waals surface area contributed by atoms with Crippen LogP contribution in [0.25, 0.3) is 5.69 Å². The molecule has 0 atom stereocenters. The van der Waals surface area contributed by atoms with Crippen LogP contribution in [0.3, 0.4) is 0 Å². The Morgan fingerprint density at radius 1 is 1.04 bits per heavy atom. The highest BCUT2D eigenvalue weighted by Gasteiger charge is 2.25. The van der Waals surface area contributed by atoms with E-state index in [-0.39, 0.29) is 5.91 Å². The van der Waals surface area contributed by atoms with Gasteiger partial charge in [0.15, 0.2) is 0 Å². The molecule has 0 radical (unpaired) electrons. The summed E-state index contributed by atoms with van der Waals surface area (Å²) in [5.41, 5.74) is 1.65. The number of hydrogen-bond acceptors (Lipinski definition) is 6. The average molecular weight is 369 g/mol. The molecule has 0 spiro atoms. The van der Waals surface area contributed by atoms with Crippen molar-refractivity contribution in [2.45, 2.75) is 38.1 Å². The topological polar surface area (TPSA) is 79.2 Å². The maximum Gasteiger partial charge on any atom is 0.238 e. The lowest BCUT2D eigenvalue weighted by Gasteiger charge is -2.40. The van der Waals surface area contributed by atoms with Crippen molar-refractivity contribution in [1.29, 1.82) is 0 Å². The Morgan fingerprint density at radius 2 is 1.78 bits per heavy atom. The number of piperazine rings is 1. The van der Waals surface area contributed by atoms with Gasteiger partial charge < -0.3 is 5.32 Å². The van der Waals surface area contributed by atoms with Crippen molar-refractivity contribution in [2.24, 2.45) is 0 Å². The molecule has 2 aliphatic rings. The predicted molar refractivity (Wildman–Crippen MR) is 103 cm³/mol. The molecule has 27 heavy (non-hydrogen) atoms. The van der Waals surface area contributed by atoms with E-state index < -0.39 is 0 Å². The SMILES string of the molecule is O=C(CN1CCN(C2CCCCC2)CC1)Nc1ccc(-n2cnnn2)cc1. The highest BCUT2D eigenvalue weighted by molar-refractivity contribution is 5.92. The van der Waals surface area contributed by atoms with Crippen molar-refractivity contribution in [3.8, 4) is 5.69 Å². The van der Waals surface area contributed by atoms with E-state index in [2.05, 4.69) is 30.6 Å². The van der Waals surface area contributed by atoms with Gasteiger partial charge in [-0.15, -0.1) is 5.10 Å². The first-order chi connectivity index (χ1) is 13.3. The number of aromatic nitrogens is 4. The summed E-state index contributed by atoms with van der Waals surface area (Å²) in [6.07, 6.45) is 8.38. The summed E-state index contributed by atoms with van der Waals surface area (Å²) < 4.78 is 1.58. The zero-order valence-corrected chi connectivity index (χ0v) is 15.6. The van der Waals surface area contributed by atoms with Gasteiger partial charge >= 0.3 is 0 Å². The van der Waals surface area contributed by atoms with Crippen LogP contribution in [0.4, 0.5) is 5.69 Å². The van der Waals surface area contributed by atoms with Gasteiger partial charge in [0.1, 0.15) is 6.33 Å². The van der Waals surface area contributed by atoms with Crippen molar-refractivity contribution in [3.05, 3.63) is 30.6 Å². The monoisotopic (exact) mass is 369 g/mol. The summed E-state index contributed by atoms with van der Waals surface area (Å²) in [5, 5.41) is 14.1. The van der Waals surface area contributed by atoms with Crippen LogP contribution in [0.1, 0.15) is 32.1 Å². The van der Waals surface area contributed by atoms with E-state index in [1.54, 1.807) is 11.0 Å². The minimum atomic E-state index is 0.0382. The second-order valence-electron chi connectivity index (χ2n) is 7.45. The maximum absolute atomic E-state index is 12.4. The van der Waals surface area contributed by atoms with Gasteiger partial charge in [-0.2, -0.15) is 0 Å². The van der Waals surface area contributed by atoms with Crippen molar-refractivity contribution in [1.82, 2.24) is 30.0 Å². The third-order valence-electron chi connectivity index (χ3n) is 5.63. The minimum absolute atomic E-state index is 0.0382. The number of anilines is 1. The van der Waals surface area contributed by atoms with E-state index >= 15 is 0 Å². The quantitative estimate of drug-likeness (QED) is 0.861. The second-order valence-corrected chi connectivity index (χ2v) is 7.45. The Morgan fingerprint density at radius 3 is 2.44 bits per heavy atom. The number of nitrogens with zero attached hydrogens (tertiary/aromatic N) is 6. The highest BCUT2D eigenvalue weighted by atomic mass is 16.2. The summed E-state index contributed by atoms with van der Waals surface area (Å²) in [6, 6.07) is 8.28. The molecule has 8 nitrogen and oxygen atoms in total. The van der Waals surface area contributed by atoms with Gasteiger partial charge in [-0.1, -0.05) is 19.3 Å². The highest BCUT2D eigenvalue weighted by Crippen LogP contribution is 2.23. The molecule has 1 aliphatic carbocycles. The Bertz CT molecular complexity index is 717. The molecule has 8 heteroatoms. The fraction of sp³-hybridized carbons (Fsp3) is 0.579. The standard InChI is InChI=1S/C19H27N7O/c27-19(21-16-6-8-18(9-7-16)26-15-20-22-23-26)14-24-10-12-25(13-11-24)17-4-2-1-3-5-17/h6-9,15,17H,1-5,10-14H2,(H,21,27). The third-order valence-corrected chi connectivity index (χ3v) is 5.63. The first-order valence-corrected chi connectivity index (χ1v) is 9.87. The molecule has 4 rings (SSSR count). The molecule has 0 unspecified atom stereocenters. The number of carbonyl (C=O) groups excluding carboxylic acids is 1. The minimum Gasteiger partial charge on any atom is -0.325 e. The van der Waals surface area contributed by atoms with Crippen LogP contribution in [0.2, 0.25) is 0 Å². The number of benzene rings is 1. The number of rotatable bonds is 5. The van der Waals surface area contributed by atoms with E-state index in [9.17, 15) is 4.79 Å². The van der Waals surface area contributed by atoms with Crippen molar-refractivity contribution in [3.63, 3.8) is 0 Å². The Kier molecular flexibility index (Phi) is 5.74. The first-order valence-electron chi connectivity index (χ1n) is 9.87. The fourth-order valence-corrected chi connectivity index (χ4v) is 4.11. The zero-order valence-electron chi connectivity index (χ0n) is 15.6. The number of tetrazole rings is 1. The second kappa shape index (κ2) is 8.58. The molecule has 144 valence electrons. The van der Waals surface area contributed by atoms with Crippen LogP contribution >= 0.6 is 0 Å². The molecular weight excluding hydrogens is 342 g/mol. The summed E-state index contributed by atoms with van der Waals surface area (Å²) >= 11 is 0. The van der Waals surface area contributed by atoms with Crippen molar-refractivity contribution in [2.75, 3.05) is 38.0 Å². The molecule has 1 saturated carbocycles. The molecule has 1 amide bonds. The largest absolute Gasteiger partial charge is 0.325 e.